The van der Waals surface area contributed by atoms with Crippen molar-refractivity contribution in [2.75, 3.05) is 49.4 Å². The van der Waals surface area contributed by atoms with E-state index in [1.54, 1.807) is 61.3 Å². The van der Waals surface area contributed by atoms with E-state index >= 15 is 4.39 Å². The van der Waals surface area contributed by atoms with Crippen LogP contribution in [-0.4, -0.2) is 107 Å². The minimum absolute atomic E-state index is 0.0263. The maximum absolute atomic E-state index is 15.3. The lowest BCUT2D eigenvalue weighted by Gasteiger charge is -2.35. The number of anilines is 2. The van der Waals surface area contributed by atoms with E-state index in [1.165, 1.54) is 21.9 Å². The Labute approximate surface area is 419 Å². The Bertz CT molecular complexity index is 2580. The normalized spacial score (nSPS) is 17.6. The minimum atomic E-state index is -1.09. The van der Waals surface area contributed by atoms with Crippen LogP contribution in [0.15, 0.2) is 66.2 Å². The lowest BCUT2D eigenvalue weighted by molar-refractivity contribution is -0.144. The number of unbranched alkanes of at least 4 members (excludes halogenated alkanes) is 2. The number of likely N-dealkylation sites (tertiary alicyclic amines) is 1. The van der Waals surface area contributed by atoms with Crippen LogP contribution in [0.25, 0.3) is 15.3 Å². The molecular formula is C52H64FN7O8S2. The second-order valence-corrected chi connectivity index (χ2v) is 20.5. The Morgan fingerprint density at radius 2 is 1.63 bits per heavy atom. The quantitative estimate of drug-likeness (QED) is 0.0417. The molecular weight excluding hydrogens is 934 g/mol. The first-order chi connectivity index (χ1) is 33.2. The first-order valence-corrected chi connectivity index (χ1v) is 24.8. The lowest BCUT2D eigenvalue weighted by Crippen LogP contribution is -2.58. The van der Waals surface area contributed by atoms with Crippen LogP contribution >= 0.6 is 23.6 Å². The van der Waals surface area contributed by atoms with Gasteiger partial charge < -0.3 is 39.8 Å². The summed E-state index contributed by atoms with van der Waals surface area (Å²) in [4.78, 5) is 67.6. The van der Waals surface area contributed by atoms with Crippen molar-refractivity contribution in [3.63, 3.8) is 0 Å². The van der Waals surface area contributed by atoms with Gasteiger partial charge in [-0.25, -0.2) is 14.2 Å². The van der Waals surface area contributed by atoms with Crippen molar-refractivity contribution in [3.8, 4) is 16.2 Å². The SMILES string of the molecule is [C-]#[N+]c1ccc(N2C(=O)C(C)(C)N(c3ccc(OCCCCOCCCCOCC(=O)N[C@H](C(=O)N4C[C@H](O)C[C@H]4C(=O)N[C@@H](C)c4ccc(-c5scnc5C)cc4)C(C)(C)C)c(F)c3)C2=S)cc1C. The standard InChI is InChI=1S/C52H64FN7O8S2/c1-32-26-37(18-20-41(32)54-9)59-49(65)52(7,8)60(50(59)69)38-19-21-43(40(53)27-38)68-25-13-12-23-66-22-10-11-24-67-30-44(62)57-46(51(4,5)6)48(64)58-29-39(61)28-42(58)47(63)56-33(2)35-14-16-36(17-15-35)45-34(3)55-31-70-45/h14-21,26-27,31,33,39,42,46,61H,10-13,22-25,28-30H2,1-8H3,(H,56,63)(H,57,62)/t33-,39+,42-,46+/m0/s1. The number of carbonyl (C=O) groups is 4. The number of nitrogens with zero attached hydrogens (tertiary/aromatic N) is 5. The Morgan fingerprint density at radius 1 is 0.971 bits per heavy atom. The Hall–Kier alpha value is -5.84. The van der Waals surface area contributed by atoms with Gasteiger partial charge in [0.25, 0.3) is 5.91 Å². The van der Waals surface area contributed by atoms with Crippen LogP contribution in [0, 0.1) is 31.7 Å². The second kappa shape index (κ2) is 23.4. The summed E-state index contributed by atoms with van der Waals surface area (Å²) < 4.78 is 32.4. The van der Waals surface area contributed by atoms with E-state index in [4.69, 9.17) is 33.0 Å². The van der Waals surface area contributed by atoms with Crippen LogP contribution < -0.4 is 25.2 Å². The van der Waals surface area contributed by atoms with Gasteiger partial charge in [-0.2, -0.15) is 0 Å². The first-order valence-electron chi connectivity index (χ1n) is 23.6. The molecule has 4 amide bonds. The average molecular weight is 998 g/mol. The van der Waals surface area contributed by atoms with E-state index in [2.05, 4.69) is 20.5 Å². The number of carbonyl (C=O) groups excluding carboxylic acids is 4. The number of ether oxygens (including phenoxy) is 3. The number of benzene rings is 3. The highest BCUT2D eigenvalue weighted by Crippen LogP contribution is 2.39. The molecule has 3 N–H and O–H groups in total. The molecule has 2 saturated heterocycles. The van der Waals surface area contributed by atoms with Crippen molar-refractivity contribution in [1.29, 1.82) is 0 Å². The van der Waals surface area contributed by atoms with Crippen LogP contribution in [0.4, 0.5) is 21.5 Å². The number of rotatable bonds is 21. The molecule has 0 radical (unpaired) electrons. The van der Waals surface area contributed by atoms with Gasteiger partial charge in [0.2, 0.25) is 17.7 Å². The van der Waals surface area contributed by atoms with Gasteiger partial charge in [-0.05, 0) is 119 Å². The van der Waals surface area contributed by atoms with Crippen LogP contribution in [0.3, 0.4) is 0 Å². The Balaban J connectivity index is 0.861. The number of hydrogen-bond acceptors (Lipinski definition) is 11. The molecule has 4 aromatic rings. The van der Waals surface area contributed by atoms with Gasteiger partial charge in [-0.15, -0.1) is 11.3 Å². The van der Waals surface area contributed by atoms with Gasteiger partial charge in [0, 0.05) is 50.2 Å². The van der Waals surface area contributed by atoms with Gasteiger partial charge in [-0.3, -0.25) is 24.1 Å². The maximum atomic E-state index is 15.3. The van der Waals surface area contributed by atoms with Gasteiger partial charge in [0.1, 0.15) is 24.2 Å². The fourth-order valence-electron chi connectivity index (χ4n) is 8.49. The number of β-amino-alcohol motifs (C(OH)–C–C–N with tert-alkyl or cyclic N) is 1. The Kier molecular flexibility index (Phi) is 17.9. The molecule has 1 aromatic heterocycles. The molecule has 2 aliphatic heterocycles. The molecule has 0 spiro atoms. The third-order valence-corrected chi connectivity index (χ3v) is 13.8. The fraction of sp³-hybridized carbons (Fsp3) is 0.481. The van der Waals surface area contributed by atoms with E-state index in [1.807, 2.05) is 64.4 Å². The number of halogens is 1. The molecule has 374 valence electrons. The summed E-state index contributed by atoms with van der Waals surface area (Å²) in [5, 5.41) is 16.7. The number of amides is 4. The molecule has 2 fully saturated rings. The molecule has 70 heavy (non-hydrogen) atoms. The summed E-state index contributed by atoms with van der Waals surface area (Å²) in [6.07, 6.45) is 1.87. The van der Waals surface area contributed by atoms with E-state index in [0.29, 0.717) is 62.6 Å². The topological polar surface area (TPSA) is 167 Å². The molecule has 0 bridgehead atoms. The molecule has 0 saturated carbocycles. The van der Waals surface area contributed by atoms with Crippen molar-refractivity contribution in [1.82, 2.24) is 20.5 Å². The summed E-state index contributed by atoms with van der Waals surface area (Å²) in [7, 11) is 0. The van der Waals surface area contributed by atoms with Crippen LogP contribution in [0.5, 0.6) is 5.75 Å². The molecule has 6 rings (SSSR count). The van der Waals surface area contributed by atoms with Crippen molar-refractivity contribution >= 4 is 69.4 Å². The molecule has 2 aliphatic rings. The van der Waals surface area contributed by atoms with Crippen molar-refractivity contribution < 1.29 is 42.9 Å². The highest BCUT2D eigenvalue weighted by Gasteiger charge is 2.50. The number of nitrogens with one attached hydrogen (secondary N) is 2. The van der Waals surface area contributed by atoms with Crippen molar-refractivity contribution in [2.24, 2.45) is 5.41 Å². The first kappa shape index (κ1) is 53.5. The van der Waals surface area contributed by atoms with Gasteiger partial charge >= 0.3 is 0 Å². The van der Waals surface area contributed by atoms with Crippen molar-refractivity contribution in [2.45, 2.75) is 117 Å². The maximum Gasteiger partial charge on any atom is 0.259 e. The molecule has 0 aliphatic carbocycles. The smallest absolute Gasteiger partial charge is 0.259 e. The van der Waals surface area contributed by atoms with Crippen LogP contribution in [0.2, 0.25) is 0 Å². The molecule has 3 heterocycles. The van der Waals surface area contributed by atoms with Gasteiger partial charge in [0.05, 0.1) is 41.4 Å². The number of aryl methyl sites for hydroxylation is 2. The molecule has 3 aromatic carbocycles. The van der Waals surface area contributed by atoms with E-state index in [-0.39, 0.29) is 54.9 Å². The third-order valence-electron chi connectivity index (χ3n) is 12.5. The summed E-state index contributed by atoms with van der Waals surface area (Å²) in [6, 6.07) is 15.3. The zero-order chi connectivity index (χ0) is 50.9. The van der Waals surface area contributed by atoms with Crippen LogP contribution in [-0.2, 0) is 28.7 Å². The number of thiazole rings is 1. The number of thiocarbonyl (C=S) groups is 1. The van der Waals surface area contributed by atoms with E-state index in [0.717, 1.165) is 27.3 Å². The highest BCUT2D eigenvalue weighted by atomic mass is 32.1. The summed E-state index contributed by atoms with van der Waals surface area (Å²) in [6.45, 7) is 23.2. The monoisotopic (exact) mass is 997 g/mol. The zero-order valence-electron chi connectivity index (χ0n) is 41.2. The summed E-state index contributed by atoms with van der Waals surface area (Å²) >= 11 is 7.30. The van der Waals surface area contributed by atoms with Gasteiger partial charge in [0.15, 0.2) is 22.4 Å². The molecule has 4 atom stereocenters. The molecule has 15 nitrogen and oxygen atoms in total. The minimum Gasteiger partial charge on any atom is -0.491 e. The highest BCUT2D eigenvalue weighted by molar-refractivity contribution is 7.81. The largest absolute Gasteiger partial charge is 0.491 e. The lowest BCUT2D eigenvalue weighted by atomic mass is 9.85. The molecule has 18 heteroatoms. The number of aliphatic hydroxyl groups excluding tert-OH is 1. The molecule has 0 unspecified atom stereocenters. The fourth-order valence-corrected chi connectivity index (χ4v) is 9.82. The number of aliphatic hydroxyl groups is 1. The summed E-state index contributed by atoms with van der Waals surface area (Å²) in [5.74, 6) is -2.05. The van der Waals surface area contributed by atoms with E-state index in [9.17, 15) is 24.3 Å². The zero-order valence-corrected chi connectivity index (χ0v) is 42.8. The van der Waals surface area contributed by atoms with E-state index < -0.39 is 46.8 Å². The third kappa shape index (κ3) is 12.7. The summed E-state index contributed by atoms with van der Waals surface area (Å²) in [5.41, 5.74) is 5.07. The average Bonchev–Trinajstić information content (AvgIpc) is 3.98. The van der Waals surface area contributed by atoms with Gasteiger partial charge in [-0.1, -0.05) is 51.1 Å². The number of hydrogen-bond donors (Lipinski definition) is 3. The van der Waals surface area contributed by atoms with Crippen LogP contribution in [0.1, 0.15) is 96.5 Å². The van der Waals surface area contributed by atoms with Crippen molar-refractivity contribution in [3.05, 3.63) is 100 Å². The predicted octanol–water partition coefficient (Wildman–Crippen LogP) is 8.38. The Morgan fingerprint density at radius 3 is 2.24 bits per heavy atom. The number of aromatic nitrogens is 1. The second-order valence-electron chi connectivity index (χ2n) is 19.3. The predicted molar refractivity (Wildman–Crippen MR) is 272 cm³/mol.